The highest BCUT2D eigenvalue weighted by atomic mass is 16.5. The van der Waals surface area contributed by atoms with Gasteiger partial charge in [-0.3, -0.25) is 9.48 Å². The molecule has 1 heterocycles. The molecule has 27 heavy (non-hydrogen) atoms. The first-order valence-corrected chi connectivity index (χ1v) is 8.68. The molecular formula is C22H19N3O2. The third-order valence-corrected chi connectivity index (χ3v) is 4.45. The molecule has 0 saturated carbocycles. The Morgan fingerprint density at radius 2 is 1.78 bits per heavy atom. The number of carbonyl (C=O) groups excluding carboxylic acids is 1. The molecule has 3 aromatic carbocycles. The van der Waals surface area contributed by atoms with Crippen LogP contribution in [0.2, 0.25) is 0 Å². The van der Waals surface area contributed by atoms with E-state index in [0.717, 1.165) is 0 Å². The molecule has 1 aromatic heterocycles. The Bertz CT molecular complexity index is 1080. The van der Waals surface area contributed by atoms with Crippen LogP contribution in [-0.4, -0.2) is 22.8 Å². The molecule has 5 heteroatoms. The molecule has 4 aromatic rings. The number of aromatic nitrogens is 2. The van der Waals surface area contributed by atoms with Crippen LogP contribution in [0.25, 0.3) is 10.8 Å². The van der Waals surface area contributed by atoms with E-state index in [0.29, 0.717) is 23.7 Å². The maximum Gasteiger partial charge on any atom is 0.256 e. The zero-order chi connectivity index (χ0) is 18.6. The molecule has 0 saturated heterocycles. The summed E-state index contributed by atoms with van der Waals surface area (Å²) in [5.41, 5.74) is 1.74. The van der Waals surface area contributed by atoms with Gasteiger partial charge in [-0.1, -0.05) is 42.5 Å². The average Bonchev–Trinajstić information content (AvgIpc) is 3.15. The summed E-state index contributed by atoms with van der Waals surface area (Å²) in [4.78, 5) is 12.4. The summed E-state index contributed by atoms with van der Waals surface area (Å²) in [5.74, 6) is 1.04. The number of carbonyl (C=O) groups is 1. The van der Waals surface area contributed by atoms with Crippen molar-refractivity contribution in [2.45, 2.75) is 6.54 Å². The van der Waals surface area contributed by atoms with Gasteiger partial charge in [-0.15, -0.1) is 0 Å². The van der Waals surface area contributed by atoms with Gasteiger partial charge in [0.05, 0.1) is 13.7 Å². The molecule has 0 aliphatic rings. The maximum absolute atomic E-state index is 12.4. The molecule has 0 spiro atoms. The second-order valence-electron chi connectivity index (χ2n) is 6.22. The van der Waals surface area contributed by atoms with Crippen LogP contribution in [0.15, 0.2) is 79.0 Å². The van der Waals surface area contributed by atoms with E-state index in [4.69, 9.17) is 4.74 Å². The summed E-state index contributed by atoms with van der Waals surface area (Å²) in [6.07, 6.45) is 1.87. The van der Waals surface area contributed by atoms with E-state index in [-0.39, 0.29) is 5.91 Å². The van der Waals surface area contributed by atoms with E-state index in [9.17, 15) is 4.79 Å². The number of amides is 1. The first-order chi connectivity index (χ1) is 13.2. The van der Waals surface area contributed by atoms with Crippen molar-refractivity contribution in [2.24, 2.45) is 0 Å². The van der Waals surface area contributed by atoms with Gasteiger partial charge in [0, 0.05) is 17.8 Å². The number of fused-ring (bicyclic) bond motifs is 1. The molecule has 4 rings (SSSR count). The van der Waals surface area contributed by atoms with E-state index in [1.165, 1.54) is 16.3 Å². The van der Waals surface area contributed by atoms with Crippen LogP contribution in [0.4, 0.5) is 5.82 Å². The number of rotatable bonds is 5. The minimum Gasteiger partial charge on any atom is -0.497 e. The van der Waals surface area contributed by atoms with Gasteiger partial charge in [0.15, 0.2) is 5.82 Å². The smallest absolute Gasteiger partial charge is 0.256 e. The fraction of sp³-hybridized carbons (Fsp3) is 0.0909. The number of nitrogens with one attached hydrogen (secondary N) is 1. The summed E-state index contributed by atoms with van der Waals surface area (Å²) in [6.45, 7) is 0.639. The summed E-state index contributed by atoms with van der Waals surface area (Å²) in [5, 5.41) is 9.71. The highest BCUT2D eigenvalue weighted by Crippen LogP contribution is 2.20. The Balaban J connectivity index is 1.49. The van der Waals surface area contributed by atoms with E-state index in [1.54, 1.807) is 37.4 Å². The van der Waals surface area contributed by atoms with Crippen LogP contribution >= 0.6 is 0 Å². The van der Waals surface area contributed by atoms with Gasteiger partial charge in [0.25, 0.3) is 5.91 Å². The van der Waals surface area contributed by atoms with Crippen LogP contribution < -0.4 is 10.1 Å². The molecule has 0 unspecified atom stereocenters. The molecule has 0 atom stereocenters. The Morgan fingerprint density at radius 3 is 2.59 bits per heavy atom. The predicted molar refractivity (Wildman–Crippen MR) is 106 cm³/mol. The van der Waals surface area contributed by atoms with Crippen molar-refractivity contribution < 1.29 is 9.53 Å². The minimum absolute atomic E-state index is 0.201. The molecule has 0 fully saturated rings. The van der Waals surface area contributed by atoms with Gasteiger partial charge >= 0.3 is 0 Å². The molecule has 0 bridgehead atoms. The lowest BCUT2D eigenvalue weighted by Crippen LogP contribution is -2.12. The minimum atomic E-state index is -0.201. The Morgan fingerprint density at radius 1 is 1.00 bits per heavy atom. The molecular weight excluding hydrogens is 338 g/mol. The van der Waals surface area contributed by atoms with Gasteiger partial charge in [-0.2, -0.15) is 5.10 Å². The normalized spacial score (nSPS) is 10.7. The van der Waals surface area contributed by atoms with Gasteiger partial charge in [0.1, 0.15) is 5.75 Å². The van der Waals surface area contributed by atoms with Crippen molar-refractivity contribution in [2.75, 3.05) is 12.4 Å². The second-order valence-corrected chi connectivity index (χ2v) is 6.22. The van der Waals surface area contributed by atoms with Crippen LogP contribution in [-0.2, 0) is 6.54 Å². The van der Waals surface area contributed by atoms with Gasteiger partial charge < -0.3 is 10.1 Å². The summed E-state index contributed by atoms with van der Waals surface area (Å²) >= 11 is 0. The van der Waals surface area contributed by atoms with Crippen LogP contribution in [0.5, 0.6) is 5.75 Å². The molecule has 0 aliphatic heterocycles. The van der Waals surface area contributed by atoms with Gasteiger partial charge in [-0.25, -0.2) is 0 Å². The summed E-state index contributed by atoms with van der Waals surface area (Å²) in [7, 11) is 1.59. The van der Waals surface area contributed by atoms with Crippen LogP contribution in [0.3, 0.4) is 0 Å². The van der Waals surface area contributed by atoms with Crippen LogP contribution in [0.1, 0.15) is 15.9 Å². The van der Waals surface area contributed by atoms with Gasteiger partial charge in [-0.05, 0) is 40.6 Å². The largest absolute Gasteiger partial charge is 0.497 e. The highest BCUT2D eigenvalue weighted by Gasteiger charge is 2.09. The fourth-order valence-electron chi connectivity index (χ4n) is 3.05. The van der Waals surface area contributed by atoms with Crippen molar-refractivity contribution in [1.29, 1.82) is 0 Å². The number of benzene rings is 3. The van der Waals surface area contributed by atoms with E-state index in [2.05, 4.69) is 34.7 Å². The lowest BCUT2D eigenvalue weighted by atomic mass is 10.0. The monoisotopic (exact) mass is 357 g/mol. The Kier molecular flexibility index (Phi) is 4.58. The third-order valence-electron chi connectivity index (χ3n) is 4.45. The Hall–Kier alpha value is -3.60. The number of ether oxygens (including phenoxy) is 1. The van der Waals surface area contributed by atoms with Crippen molar-refractivity contribution in [3.8, 4) is 5.75 Å². The number of methoxy groups -OCH3 is 1. The molecule has 0 aliphatic carbocycles. The first kappa shape index (κ1) is 16.8. The molecule has 134 valence electrons. The van der Waals surface area contributed by atoms with Crippen molar-refractivity contribution in [3.05, 3.63) is 90.1 Å². The van der Waals surface area contributed by atoms with E-state index in [1.807, 2.05) is 29.1 Å². The number of hydrogen-bond acceptors (Lipinski definition) is 3. The predicted octanol–water partition coefficient (Wildman–Crippen LogP) is 4.35. The summed E-state index contributed by atoms with van der Waals surface area (Å²) < 4.78 is 6.94. The number of nitrogens with zero attached hydrogens (tertiary/aromatic N) is 2. The molecule has 1 N–H and O–H groups in total. The number of anilines is 1. The van der Waals surface area contributed by atoms with Crippen LogP contribution in [0, 0.1) is 0 Å². The van der Waals surface area contributed by atoms with Crippen molar-refractivity contribution >= 4 is 22.5 Å². The zero-order valence-corrected chi connectivity index (χ0v) is 14.9. The van der Waals surface area contributed by atoms with E-state index < -0.39 is 0 Å². The summed E-state index contributed by atoms with van der Waals surface area (Å²) in [6, 6.07) is 23.3. The maximum atomic E-state index is 12.4. The molecule has 0 radical (unpaired) electrons. The first-order valence-electron chi connectivity index (χ1n) is 8.68. The Labute approximate surface area is 157 Å². The zero-order valence-electron chi connectivity index (χ0n) is 14.9. The van der Waals surface area contributed by atoms with E-state index >= 15 is 0 Å². The second kappa shape index (κ2) is 7.33. The quantitative estimate of drug-likeness (QED) is 0.578. The third kappa shape index (κ3) is 3.67. The lowest BCUT2D eigenvalue weighted by Gasteiger charge is -2.07. The molecule has 5 nitrogen and oxygen atoms in total. The fourth-order valence-corrected chi connectivity index (χ4v) is 3.05. The topological polar surface area (TPSA) is 56.1 Å². The van der Waals surface area contributed by atoms with Crippen molar-refractivity contribution in [1.82, 2.24) is 9.78 Å². The van der Waals surface area contributed by atoms with Crippen molar-refractivity contribution in [3.63, 3.8) is 0 Å². The number of hydrogen-bond donors (Lipinski definition) is 1. The molecule has 1 amide bonds. The van der Waals surface area contributed by atoms with Gasteiger partial charge in [0.2, 0.25) is 0 Å². The SMILES string of the molecule is COc1ccc(C(=O)Nc2ccn(Cc3cccc4ccccc34)n2)cc1. The average molecular weight is 357 g/mol. The highest BCUT2D eigenvalue weighted by molar-refractivity contribution is 6.03. The standard InChI is InChI=1S/C22H19N3O2/c1-27-19-11-9-17(10-12-19)22(26)23-21-13-14-25(24-21)15-18-7-4-6-16-5-2-3-8-20(16)18/h2-14H,15H2,1H3,(H,23,24,26). The lowest BCUT2D eigenvalue weighted by molar-refractivity contribution is 0.102.